The van der Waals surface area contributed by atoms with Gasteiger partial charge in [-0.25, -0.2) is 14.6 Å². The molecule has 8 nitrogen and oxygen atoms in total. The van der Waals surface area contributed by atoms with E-state index < -0.39 is 17.9 Å². The Morgan fingerprint density at radius 2 is 2.06 bits per heavy atom. The number of anilines is 1. The smallest absolute Gasteiger partial charge is 0.328 e. The molecule has 0 unspecified atom stereocenters. The zero-order valence-electron chi connectivity index (χ0n) is 8.63. The third kappa shape index (κ3) is 4.84. The van der Waals surface area contributed by atoms with E-state index in [2.05, 4.69) is 14.7 Å². The van der Waals surface area contributed by atoms with Crippen molar-refractivity contribution >= 4 is 34.6 Å². The number of aryl methyl sites for hydroxylation is 1. The molecule has 0 saturated heterocycles. The van der Waals surface area contributed by atoms with Crippen LogP contribution in [0.1, 0.15) is 5.82 Å². The summed E-state index contributed by atoms with van der Waals surface area (Å²) in [6, 6.07) is -0.804. The SMILES string of the molecule is Cc1nsc(NC(=O)NC(=O)/C=C/C(=O)O)n1. The topological polar surface area (TPSA) is 121 Å². The maximum Gasteiger partial charge on any atom is 0.328 e. The van der Waals surface area contributed by atoms with Crippen LogP contribution in [0.3, 0.4) is 0 Å². The molecule has 0 atom stereocenters. The van der Waals surface area contributed by atoms with Gasteiger partial charge in [0.05, 0.1) is 0 Å². The number of aromatic nitrogens is 2. The van der Waals surface area contributed by atoms with E-state index in [1.165, 1.54) is 0 Å². The summed E-state index contributed by atoms with van der Waals surface area (Å²) >= 11 is 0.967. The van der Waals surface area contributed by atoms with E-state index >= 15 is 0 Å². The molecule has 1 heterocycles. The molecule has 17 heavy (non-hydrogen) atoms. The van der Waals surface area contributed by atoms with Crippen molar-refractivity contribution in [2.45, 2.75) is 6.92 Å². The molecule has 0 aliphatic rings. The van der Waals surface area contributed by atoms with Gasteiger partial charge in [0.2, 0.25) is 5.13 Å². The van der Waals surface area contributed by atoms with Gasteiger partial charge in [0, 0.05) is 23.7 Å². The van der Waals surface area contributed by atoms with Gasteiger partial charge in [-0.15, -0.1) is 0 Å². The summed E-state index contributed by atoms with van der Waals surface area (Å²) in [5, 5.41) is 12.7. The Morgan fingerprint density at radius 3 is 2.59 bits per heavy atom. The second kappa shape index (κ2) is 5.70. The number of carbonyl (C=O) groups is 3. The Labute approximate surface area is 99.5 Å². The predicted molar refractivity (Wildman–Crippen MR) is 58.6 cm³/mol. The molecular formula is C8H8N4O4S. The predicted octanol–water partition coefficient (Wildman–Crippen LogP) is 0.135. The van der Waals surface area contributed by atoms with Crippen LogP contribution in [0.25, 0.3) is 0 Å². The number of amides is 3. The van der Waals surface area contributed by atoms with Crippen LogP contribution in [0, 0.1) is 6.92 Å². The summed E-state index contributed by atoms with van der Waals surface area (Å²) in [7, 11) is 0. The molecule has 3 N–H and O–H groups in total. The van der Waals surface area contributed by atoms with E-state index in [0.29, 0.717) is 11.9 Å². The van der Waals surface area contributed by atoms with Gasteiger partial charge in [-0.3, -0.25) is 15.4 Å². The molecule has 0 fully saturated rings. The van der Waals surface area contributed by atoms with Crippen LogP contribution in [-0.2, 0) is 9.59 Å². The molecule has 90 valence electrons. The standard InChI is InChI=1S/C8H8N4O4S/c1-4-9-8(17-12-4)11-7(16)10-5(13)2-3-6(14)15/h2-3H,1H3,(H,14,15)(H2,9,10,11,12,13,16)/b3-2+. The normalized spacial score (nSPS) is 10.2. The minimum Gasteiger partial charge on any atom is -0.478 e. The number of aliphatic carboxylic acids is 1. The van der Waals surface area contributed by atoms with Crippen LogP contribution in [0.5, 0.6) is 0 Å². The maximum atomic E-state index is 11.2. The number of hydrogen-bond donors (Lipinski definition) is 3. The molecule has 0 aliphatic carbocycles. The molecule has 1 rings (SSSR count). The number of nitrogens with zero attached hydrogens (tertiary/aromatic N) is 2. The van der Waals surface area contributed by atoms with Crippen molar-refractivity contribution in [3.05, 3.63) is 18.0 Å². The highest BCUT2D eigenvalue weighted by Crippen LogP contribution is 2.09. The Hall–Kier alpha value is -2.29. The third-order valence-corrected chi connectivity index (χ3v) is 2.08. The lowest BCUT2D eigenvalue weighted by molar-refractivity contribution is -0.131. The zero-order chi connectivity index (χ0) is 12.8. The number of carboxylic acid groups (broad SMARTS) is 1. The van der Waals surface area contributed by atoms with E-state index in [1.54, 1.807) is 6.92 Å². The molecule has 0 aliphatic heterocycles. The van der Waals surface area contributed by atoms with Crippen molar-refractivity contribution in [1.29, 1.82) is 0 Å². The highest BCUT2D eigenvalue weighted by atomic mass is 32.1. The van der Waals surface area contributed by atoms with Crippen LogP contribution in [0.4, 0.5) is 9.93 Å². The number of imide groups is 1. The quantitative estimate of drug-likeness (QED) is 0.661. The highest BCUT2D eigenvalue weighted by molar-refractivity contribution is 7.09. The molecule has 1 aromatic rings. The van der Waals surface area contributed by atoms with Crippen molar-refractivity contribution in [1.82, 2.24) is 14.7 Å². The molecule has 0 saturated carbocycles. The minimum atomic E-state index is -1.28. The summed E-state index contributed by atoms with van der Waals surface area (Å²) in [5.74, 6) is -1.62. The van der Waals surface area contributed by atoms with Crippen LogP contribution in [0.2, 0.25) is 0 Å². The van der Waals surface area contributed by atoms with Crippen LogP contribution in [-0.4, -0.2) is 32.4 Å². The number of nitrogens with one attached hydrogen (secondary N) is 2. The van der Waals surface area contributed by atoms with Crippen LogP contribution < -0.4 is 10.6 Å². The molecule has 1 aromatic heterocycles. The second-order valence-electron chi connectivity index (χ2n) is 2.76. The van der Waals surface area contributed by atoms with E-state index in [1.807, 2.05) is 5.32 Å². The molecular weight excluding hydrogens is 248 g/mol. The lowest BCUT2D eigenvalue weighted by atomic mass is 10.5. The average Bonchev–Trinajstić information content (AvgIpc) is 2.60. The Balaban J connectivity index is 2.45. The van der Waals surface area contributed by atoms with Gasteiger partial charge in [-0.05, 0) is 6.92 Å². The fraction of sp³-hybridized carbons (Fsp3) is 0.125. The Kier molecular flexibility index (Phi) is 4.29. The minimum absolute atomic E-state index is 0.245. The third-order valence-electron chi connectivity index (χ3n) is 1.36. The van der Waals surface area contributed by atoms with Crippen LogP contribution >= 0.6 is 11.5 Å². The molecule has 9 heteroatoms. The first kappa shape index (κ1) is 12.8. The van der Waals surface area contributed by atoms with E-state index in [0.717, 1.165) is 17.6 Å². The molecule has 3 amide bonds. The van der Waals surface area contributed by atoms with Gasteiger partial charge in [-0.2, -0.15) is 4.37 Å². The van der Waals surface area contributed by atoms with Gasteiger partial charge in [-0.1, -0.05) is 0 Å². The second-order valence-corrected chi connectivity index (χ2v) is 3.51. The fourth-order valence-corrected chi connectivity index (χ4v) is 1.35. The Morgan fingerprint density at radius 1 is 1.35 bits per heavy atom. The summed E-state index contributed by atoms with van der Waals surface area (Å²) in [6.07, 6.45) is 1.35. The summed E-state index contributed by atoms with van der Waals surface area (Å²) in [4.78, 5) is 36.1. The van der Waals surface area contributed by atoms with Gasteiger partial charge in [0.15, 0.2) is 0 Å². The molecule has 0 spiro atoms. The van der Waals surface area contributed by atoms with E-state index in [9.17, 15) is 14.4 Å². The van der Waals surface area contributed by atoms with Crippen molar-refractivity contribution in [3.63, 3.8) is 0 Å². The number of urea groups is 1. The first-order valence-corrected chi connectivity index (χ1v) is 5.08. The lowest BCUT2D eigenvalue weighted by Gasteiger charge is -1.99. The van der Waals surface area contributed by atoms with Gasteiger partial charge >= 0.3 is 12.0 Å². The van der Waals surface area contributed by atoms with E-state index in [-0.39, 0.29) is 5.13 Å². The first-order valence-electron chi connectivity index (χ1n) is 4.30. The van der Waals surface area contributed by atoms with Gasteiger partial charge in [0.25, 0.3) is 5.91 Å². The van der Waals surface area contributed by atoms with Crippen molar-refractivity contribution in [3.8, 4) is 0 Å². The van der Waals surface area contributed by atoms with Gasteiger partial charge < -0.3 is 5.11 Å². The van der Waals surface area contributed by atoms with Crippen molar-refractivity contribution in [2.24, 2.45) is 0 Å². The molecule has 0 aromatic carbocycles. The lowest BCUT2D eigenvalue weighted by Crippen LogP contribution is -2.33. The van der Waals surface area contributed by atoms with Gasteiger partial charge in [0.1, 0.15) is 5.82 Å². The Bertz CT molecular complexity index is 482. The fourth-order valence-electron chi connectivity index (χ4n) is 0.777. The molecule has 0 radical (unpaired) electrons. The summed E-state index contributed by atoms with van der Waals surface area (Å²) in [6.45, 7) is 1.65. The average molecular weight is 256 g/mol. The van der Waals surface area contributed by atoms with Crippen molar-refractivity contribution < 1.29 is 19.5 Å². The summed E-state index contributed by atoms with van der Waals surface area (Å²) < 4.78 is 3.82. The zero-order valence-corrected chi connectivity index (χ0v) is 9.45. The number of carbonyl (C=O) groups excluding carboxylic acids is 2. The van der Waals surface area contributed by atoms with Crippen LogP contribution in [0.15, 0.2) is 12.2 Å². The first-order chi connectivity index (χ1) is 7.97. The largest absolute Gasteiger partial charge is 0.478 e. The maximum absolute atomic E-state index is 11.2. The number of hydrogen-bond acceptors (Lipinski definition) is 6. The number of rotatable bonds is 3. The molecule has 0 bridgehead atoms. The highest BCUT2D eigenvalue weighted by Gasteiger charge is 2.08. The van der Waals surface area contributed by atoms with Crippen molar-refractivity contribution in [2.75, 3.05) is 5.32 Å². The van der Waals surface area contributed by atoms with E-state index in [4.69, 9.17) is 5.11 Å². The monoisotopic (exact) mass is 256 g/mol. The number of carboxylic acids is 1. The summed E-state index contributed by atoms with van der Waals surface area (Å²) in [5.41, 5.74) is 0.